The Bertz CT molecular complexity index is 586. The fourth-order valence-electron chi connectivity index (χ4n) is 2.41. The van der Waals surface area contributed by atoms with E-state index in [1.807, 2.05) is 0 Å². The van der Waals surface area contributed by atoms with Gasteiger partial charge in [0.15, 0.2) is 11.6 Å². The fraction of sp³-hybridized carbons (Fsp3) is 0.533. The van der Waals surface area contributed by atoms with Gasteiger partial charge in [-0.15, -0.1) is 0 Å². The summed E-state index contributed by atoms with van der Waals surface area (Å²) in [5.41, 5.74) is -0.898. The summed E-state index contributed by atoms with van der Waals surface area (Å²) in [5, 5.41) is 9.94. The molecule has 1 amide bonds. The number of aliphatic hydroxyl groups excluding tert-OH is 1. The Labute approximate surface area is 126 Å². The summed E-state index contributed by atoms with van der Waals surface area (Å²) in [5.74, 6) is -4.59. The van der Waals surface area contributed by atoms with Crippen LogP contribution in [-0.4, -0.2) is 34.5 Å². The van der Waals surface area contributed by atoms with Crippen molar-refractivity contribution < 1.29 is 27.8 Å². The number of hydrogen-bond donors (Lipinski definition) is 1. The van der Waals surface area contributed by atoms with Crippen molar-refractivity contribution in [1.82, 2.24) is 4.90 Å². The molecule has 2 atom stereocenters. The number of carbonyl (C=O) groups is 1. The average Bonchev–Trinajstić information content (AvgIpc) is 2.73. The van der Waals surface area contributed by atoms with Crippen LogP contribution in [0.25, 0.3) is 0 Å². The third-order valence-corrected chi connectivity index (χ3v) is 3.34. The van der Waals surface area contributed by atoms with Crippen LogP contribution < -0.4 is 0 Å². The second kappa shape index (κ2) is 5.89. The van der Waals surface area contributed by atoms with Crippen LogP contribution in [0.4, 0.5) is 13.2 Å². The van der Waals surface area contributed by atoms with E-state index in [4.69, 9.17) is 4.74 Å². The van der Waals surface area contributed by atoms with E-state index >= 15 is 0 Å². The lowest BCUT2D eigenvalue weighted by Gasteiger charge is -2.30. The minimum absolute atomic E-state index is 0.0735. The molecule has 2 rings (SSSR count). The zero-order valence-electron chi connectivity index (χ0n) is 12.6. The number of ether oxygens (including phenoxy) is 1. The standard InChI is InChI=1S/C15H18F3NO3/c1-15(2,3)22-14(21)19-7-8(4-12(19)20)10-5-9(16)6-11(17)13(10)18/h5-6,8,14,21H,4,7H2,1-3H3/t8-,14?/m0/s1. The number of likely N-dealkylation sites (tertiary alicyclic amines) is 1. The van der Waals surface area contributed by atoms with Crippen molar-refractivity contribution >= 4 is 5.91 Å². The normalized spacial score (nSPS) is 20.6. The van der Waals surface area contributed by atoms with Gasteiger partial charge in [-0.1, -0.05) is 0 Å². The number of aliphatic hydroxyl groups is 1. The van der Waals surface area contributed by atoms with Gasteiger partial charge in [-0.3, -0.25) is 9.69 Å². The van der Waals surface area contributed by atoms with Gasteiger partial charge in [-0.25, -0.2) is 13.2 Å². The van der Waals surface area contributed by atoms with Crippen molar-refractivity contribution in [3.8, 4) is 0 Å². The molecule has 0 aromatic heterocycles. The van der Waals surface area contributed by atoms with Crippen LogP contribution in [0.3, 0.4) is 0 Å². The van der Waals surface area contributed by atoms with Gasteiger partial charge in [-0.2, -0.15) is 0 Å². The van der Waals surface area contributed by atoms with Gasteiger partial charge in [0.1, 0.15) is 5.82 Å². The first-order chi connectivity index (χ1) is 10.1. The first kappa shape index (κ1) is 16.8. The maximum Gasteiger partial charge on any atom is 0.240 e. The average molecular weight is 317 g/mol. The van der Waals surface area contributed by atoms with E-state index in [0.29, 0.717) is 6.07 Å². The van der Waals surface area contributed by atoms with E-state index in [9.17, 15) is 23.1 Å². The van der Waals surface area contributed by atoms with Gasteiger partial charge < -0.3 is 9.84 Å². The number of amides is 1. The monoisotopic (exact) mass is 317 g/mol. The second-order valence-electron chi connectivity index (χ2n) is 6.29. The van der Waals surface area contributed by atoms with Gasteiger partial charge in [0.25, 0.3) is 0 Å². The Kier molecular flexibility index (Phi) is 4.49. The minimum atomic E-state index is -1.49. The van der Waals surface area contributed by atoms with Crippen LogP contribution >= 0.6 is 0 Å². The Morgan fingerprint density at radius 3 is 2.55 bits per heavy atom. The van der Waals surface area contributed by atoms with Gasteiger partial charge >= 0.3 is 0 Å². The molecule has 1 N–H and O–H groups in total. The van der Waals surface area contributed by atoms with Gasteiger partial charge in [0.2, 0.25) is 12.3 Å². The third-order valence-electron chi connectivity index (χ3n) is 3.34. The molecule has 1 heterocycles. The van der Waals surface area contributed by atoms with Gasteiger partial charge in [0.05, 0.1) is 5.60 Å². The molecule has 0 saturated carbocycles. The summed E-state index contributed by atoms with van der Waals surface area (Å²) in [6.07, 6.45) is -1.64. The highest BCUT2D eigenvalue weighted by Gasteiger charge is 2.38. The van der Waals surface area contributed by atoms with Crippen LogP contribution in [-0.2, 0) is 9.53 Å². The molecular weight excluding hydrogens is 299 g/mol. The van der Waals surface area contributed by atoms with E-state index in [1.54, 1.807) is 20.8 Å². The van der Waals surface area contributed by atoms with Gasteiger partial charge in [0, 0.05) is 24.9 Å². The minimum Gasteiger partial charge on any atom is -0.351 e. The third kappa shape index (κ3) is 3.59. The van der Waals surface area contributed by atoms with Crippen molar-refractivity contribution in [3.63, 3.8) is 0 Å². The van der Waals surface area contributed by atoms with E-state index < -0.39 is 41.3 Å². The SMILES string of the molecule is CC(C)(C)OC(O)N1C[C@@H](c2cc(F)cc(F)c2F)CC1=O. The van der Waals surface area contributed by atoms with Crippen molar-refractivity contribution in [2.24, 2.45) is 0 Å². The number of nitrogens with zero attached hydrogens (tertiary/aromatic N) is 1. The predicted octanol–water partition coefficient (Wildman–Crippen LogP) is 2.51. The van der Waals surface area contributed by atoms with Crippen LogP contribution in [0.5, 0.6) is 0 Å². The molecule has 0 radical (unpaired) electrons. The van der Waals surface area contributed by atoms with E-state index in [2.05, 4.69) is 0 Å². The highest BCUT2D eigenvalue weighted by Crippen LogP contribution is 2.32. The lowest BCUT2D eigenvalue weighted by atomic mass is 9.97. The van der Waals surface area contributed by atoms with Crippen LogP contribution in [0.15, 0.2) is 12.1 Å². The molecule has 22 heavy (non-hydrogen) atoms. The number of carbonyl (C=O) groups excluding carboxylic acids is 1. The van der Waals surface area contributed by atoms with E-state index in [-0.39, 0.29) is 18.5 Å². The van der Waals surface area contributed by atoms with Crippen molar-refractivity contribution in [3.05, 3.63) is 35.1 Å². The van der Waals surface area contributed by atoms with Crippen LogP contribution in [0.2, 0.25) is 0 Å². The van der Waals surface area contributed by atoms with Crippen molar-refractivity contribution in [2.45, 2.75) is 45.1 Å². The molecule has 1 aliphatic heterocycles. The highest BCUT2D eigenvalue weighted by molar-refractivity contribution is 5.79. The smallest absolute Gasteiger partial charge is 0.240 e. The summed E-state index contributed by atoms with van der Waals surface area (Å²) in [4.78, 5) is 13.0. The molecule has 0 bridgehead atoms. The quantitative estimate of drug-likeness (QED) is 0.688. The first-order valence-corrected chi connectivity index (χ1v) is 6.88. The van der Waals surface area contributed by atoms with E-state index in [0.717, 1.165) is 11.0 Å². The predicted molar refractivity (Wildman–Crippen MR) is 72.2 cm³/mol. The Morgan fingerprint density at radius 1 is 1.32 bits per heavy atom. The van der Waals surface area contributed by atoms with Crippen LogP contribution in [0.1, 0.15) is 38.7 Å². The largest absolute Gasteiger partial charge is 0.351 e. The summed E-state index contributed by atoms with van der Waals surface area (Å²) >= 11 is 0. The number of hydrogen-bond acceptors (Lipinski definition) is 3. The summed E-state index contributed by atoms with van der Waals surface area (Å²) in [7, 11) is 0. The van der Waals surface area contributed by atoms with E-state index in [1.165, 1.54) is 0 Å². The number of rotatable bonds is 3. The number of benzene rings is 1. The van der Waals surface area contributed by atoms with Crippen LogP contribution in [0, 0.1) is 17.5 Å². The molecule has 1 aliphatic rings. The zero-order chi connectivity index (χ0) is 16.7. The lowest BCUT2D eigenvalue weighted by Crippen LogP contribution is -2.42. The maximum absolute atomic E-state index is 13.8. The number of halogens is 3. The molecule has 0 aliphatic carbocycles. The molecule has 7 heteroatoms. The molecule has 0 spiro atoms. The maximum atomic E-state index is 13.8. The molecule has 1 fully saturated rings. The Balaban J connectivity index is 2.19. The Hall–Kier alpha value is -1.60. The second-order valence-corrected chi connectivity index (χ2v) is 6.29. The molecule has 1 aromatic rings. The summed E-state index contributed by atoms with van der Waals surface area (Å²) < 4.78 is 45.6. The molecule has 1 unspecified atom stereocenters. The molecule has 1 saturated heterocycles. The molecule has 4 nitrogen and oxygen atoms in total. The lowest BCUT2D eigenvalue weighted by molar-refractivity contribution is -0.232. The topological polar surface area (TPSA) is 49.8 Å². The molecular formula is C15H18F3NO3. The Morgan fingerprint density at radius 2 is 1.95 bits per heavy atom. The molecule has 1 aromatic carbocycles. The van der Waals surface area contributed by atoms with Gasteiger partial charge in [-0.05, 0) is 32.4 Å². The fourth-order valence-corrected chi connectivity index (χ4v) is 2.41. The van der Waals surface area contributed by atoms with Crippen molar-refractivity contribution in [1.29, 1.82) is 0 Å². The highest BCUT2D eigenvalue weighted by atomic mass is 19.2. The first-order valence-electron chi connectivity index (χ1n) is 6.88. The molecule has 122 valence electrons. The summed E-state index contributed by atoms with van der Waals surface area (Å²) in [6.45, 7) is 5.04. The zero-order valence-corrected chi connectivity index (χ0v) is 12.6. The van der Waals surface area contributed by atoms with Crippen molar-refractivity contribution in [2.75, 3.05) is 6.54 Å². The summed E-state index contributed by atoms with van der Waals surface area (Å²) in [6, 6.07) is 1.32.